The van der Waals surface area contributed by atoms with Crippen LogP contribution in [0.15, 0.2) is 11.4 Å². The van der Waals surface area contributed by atoms with Crippen molar-refractivity contribution in [3.05, 3.63) is 33.5 Å². The average molecular weight is 236 g/mol. The highest BCUT2D eigenvalue weighted by Gasteiger charge is 2.11. The molecule has 0 aliphatic heterocycles. The zero-order valence-corrected chi connectivity index (χ0v) is 9.89. The van der Waals surface area contributed by atoms with Crippen LogP contribution >= 0.6 is 11.3 Å². The molecule has 84 valence electrons. The summed E-state index contributed by atoms with van der Waals surface area (Å²) in [5.74, 6) is 0.571. The van der Waals surface area contributed by atoms with Crippen LogP contribution in [0.4, 0.5) is 0 Å². The summed E-state index contributed by atoms with van der Waals surface area (Å²) in [6.45, 7) is 4.30. The Morgan fingerprint density at radius 1 is 1.56 bits per heavy atom. The van der Waals surface area contributed by atoms with Crippen molar-refractivity contribution in [2.45, 2.75) is 20.4 Å². The summed E-state index contributed by atoms with van der Waals surface area (Å²) in [4.78, 5) is 16.7. The van der Waals surface area contributed by atoms with E-state index in [-0.39, 0.29) is 11.7 Å². The molecule has 2 rings (SSSR count). The van der Waals surface area contributed by atoms with Gasteiger partial charge in [-0.1, -0.05) is 0 Å². The van der Waals surface area contributed by atoms with Crippen LogP contribution < -0.4 is 5.32 Å². The number of rotatable bonds is 3. The van der Waals surface area contributed by atoms with E-state index >= 15 is 0 Å². The fourth-order valence-corrected chi connectivity index (χ4v) is 2.11. The van der Waals surface area contributed by atoms with Gasteiger partial charge < -0.3 is 5.32 Å². The Balaban J connectivity index is 1.96. The number of hydrogen-bond donors (Lipinski definition) is 2. The van der Waals surface area contributed by atoms with Gasteiger partial charge in [0.2, 0.25) is 5.82 Å². The number of nitrogens with one attached hydrogen (secondary N) is 2. The molecule has 0 saturated carbocycles. The van der Waals surface area contributed by atoms with Gasteiger partial charge in [-0.2, -0.15) is 0 Å². The van der Waals surface area contributed by atoms with Gasteiger partial charge in [-0.25, -0.2) is 4.98 Å². The summed E-state index contributed by atoms with van der Waals surface area (Å²) >= 11 is 1.63. The summed E-state index contributed by atoms with van der Waals surface area (Å²) in [6.07, 6.45) is 0. The molecule has 0 aliphatic rings. The third kappa shape index (κ3) is 2.27. The van der Waals surface area contributed by atoms with Crippen molar-refractivity contribution < 1.29 is 4.79 Å². The normalized spacial score (nSPS) is 10.4. The predicted octanol–water partition coefficient (Wildman–Crippen LogP) is 1.41. The highest BCUT2D eigenvalue weighted by molar-refractivity contribution is 7.10. The molecule has 0 saturated heterocycles. The van der Waals surface area contributed by atoms with Gasteiger partial charge in [-0.05, 0) is 30.9 Å². The van der Waals surface area contributed by atoms with Crippen molar-refractivity contribution in [3.8, 4) is 0 Å². The van der Waals surface area contributed by atoms with Crippen LogP contribution in [-0.4, -0.2) is 21.1 Å². The number of aromatic amines is 1. The van der Waals surface area contributed by atoms with Gasteiger partial charge in [0.25, 0.3) is 5.91 Å². The van der Waals surface area contributed by atoms with Crippen LogP contribution in [0.2, 0.25) is 0 Å². The number of amides is 1. The third-order valence-corrected chi connectivity index (χ3v) is 3.20. The van der Waals surface area contributed by atoms with Crippen LogP contribution in [0.1, 0.15) is 26.9 Å². The molecule has 0 bridgehead atoms. The Bertz CT molecular complexity index is 502. The van der Waals surface area contributed by atoms with Gasteiger partial charge in [0.05, 0.1) is 6.54 Å². The largest absolute Gasteiger partial charge is 0.344 e. The van der Waals surface area contributed by atoms with Crippen LogP contribution in [0, 0.1) is 13.8 Å². The molecule has 1 amide bonds. The number of aryl methyl sites for hydroxylation is 2. The molecule has 2 heterocycles. The minimum atomic E-state index is -0.253. The second-order valence-corrected chi connectivity index (χ2v) is 4.45. The summed E-state index contributed by atoms with van der Waals surface area (Å²) in [7, 11) is 0. The van der Waals surface area contributed by atoms with Gasteiger partial charge in [0.15, 0.2) is 0 Å². The van der Waals surface area contributed by atoms with E-state index < -0.39 is 0 Å². The number of hydrogen-bond acceptors (Lipinski definition) is 4. The van der Waals surface area contributed by atoms with E-state index in [1.54, 1.807) is 18.3 Å². The molecule has 2 N–H and O–H groups in total. The summed E-state index contributed by atoms with van der Waals surface area (Å²) in [6, 6.07) is 2.03. The molecule has 6 heteroatoms. The number of H-pyrrole nitrogens is 1. The maximum Gasteiger partial charge on any atom is 0.291 e. The number of thiophene rings is 1. The number of carbonyl (C=O) groups excluding carboxylic acids is 1. The lowest BCUT2D eigenvalue weighted by Gasteiger charge is -2.01. The van der Waals surface area contributed by atoms with Crippen LogP contribution in [0.5, 0.6) is 0 Å². The lowest BCUT2D eigenvalue weighted by atomic mass is 10.3. The Kier molecular flexibility index (Phi) is 3.00. The Labute approximate surface area is 96.9 Å². The van der Waals surface area contributed by atoms with Crippen molar-refractivity contribution in [1.82, 2.24) is 20.5 Å². The Morgan fingerprint density at radius 2 is 2.38 bits per heavy atom. The van der Waals surface area contributed by atoms with Crippen LogP contribution in [0.25, 0.3) is 0 Å². The molecule has 0 radical (unpaired) electrons. The summed E-state index contributed by atoms with van der Waals surface area (Å²) < 4.78 is 0. The molecule has 0 unspecified atom stereocenters. The lowest BCUT2D eigenvalue weighted by Crippen LogP contribution is -2.23. The van der Waals surface area contributed by atoms with Crippen molar-refractivity contribution in [2.75, 3.05) is 0 Å². The molecule has 0 atom stereocenters. The molecule has 0 aliphatic carbocycles. The quantitative estimate of drug-likeness (QED) is 0.846. The lowest BCUT2D eigenvalue weighted by molar-refractivity contribution is 0.0941. The van der Waals surface area contributed by atoms with Gasteiger partial charge in [0, 0.05) is 4.88 Å². The first-order valence-electron chi connectivity index (χ1n) is 4.87. The molecule has 2 aromatic heterocycles. The fourth-order valence-electron chi connectivity index (χ4n) is 1.27. The molecule has 0 aromatic carbocycles. The summed E-state index contributed by atoms with van der Waals surface area (Å²) in [5, 5.41) is 11.2. The van der Waals surface area contributed by atoms with E-state index in [0.717, 1.165) is 4.88 Å². The minimum Gasteiger partial charge on any atom is -0.344 e. The first-order chi connectivity index (χ1) is 7.66. The Hall–Kier alpha value is -1.69. The Morgan fingerprint density at radius 3 is 2.94 bits per heavy atom. The standard InChI is InChI=1S/C10H12N4OS/c1-6-3-4-16-8(6)5-11-10(15)9-12-7(2)13-14-9/h3-4H,5H2,1-2H3,(H,11,15)(H,12,13,14). The predicted molar refractivity (Wildman–Crippen MR) is 61.3 cm³/mol. The van der Waals surface area contributed by atoms with Gasteiger partial charge >= 0.3 is 0 Å². The van der Waals surface area contributed by atoms with Gasteiger partial charge in [-0.15, -0.1) is 16.4 Å². The first kappa shape index (κ1) is 10.8. The van der Waals surface area contributed by atoms with Crippen molar-refractivity contribution in [1.29, 1.82) is 0 Å². The van der Waals surface area contributed by atoms with E-state index in [0.29, 0.717) is 12.4 Å². The highest BCUT2D eigenvalue weighted by atomic mass is 32.1. The van der Waals surface area contributed by atoms with Crippen molar-refractivity contribution >= 4 is 17.2 Å². The van der Waals surface area contributed by atoms with Crippen LogP contribution in [0.3, 0.4) is 0 Å². The van der Waals surface area contributed by atoms with Crippen molar-refractivity contribution in [2.24, 2.45) is 0 Å². The molecular formula is C10H12N4OS. The zero-order valence-electron chi connectivity index (χ0n) is 9.07. The van der Waals surface area contributed by atoms with E-state index in [9.17, 15) is 4.79 Å². The monoisotopic (exact) mass is 236 g/mol. The molecule has 5 nitrogen and oxygen atoms in total. The van der Waals surface area contributed by atoms with Crippen LogP contribution in [-0.2, 0) is 6.54 Å². The molecular weight excluding hydrogens is 224 g/mol. The molecule has 16 heavy (non-hydrogen) atoms. The molecule has 0 spiro atoms. The second kappa shape index (κ2) is 4.44. The van der Waals surface area contributed by atoms with E-state index in [1.165, 1.54) is 5.56 Å². The average Bonchev–Trinajstić information content (AvgIpc) is 2.84. The maximum absolute atomic E-state index is 11.6. The highest BCUT2D eigenvalue weighted by Crippen LogP contribution is 2.14. The number of nitrogens with zero attached hydrogens (tertiary/aromatic N) is 2. The number of aromatic nitrogens is 3. The van der Waals surface area contributed by atoms with Gasteiger partial charge in [-0.3, -0.25) is 9.89 Å². The second-order valence-electron chi connectivity index (χ2n) is 3.45. The van der Waals surface area contributed by atoms with E-state index in [1.807, 2.05) is 18.4 Å². The van der Waals surface area contributed by atoms with Crippen molar-refractivity contribution in [3.63, 3.8) is 0 Å². The third-order valence-electron chi connectivity index (χ3n) is 2.18. The number of carbonyl (C=O) groups is 1. The van der Waals surface area contributed by atoms with E-state index in [4.69, 9.17) is 0 Å². The minimum absolute atomic E-state index is 0.187. The first-order valence-corrected chi connectivity index (χ1v) is 5.75. The van der Waals surface area contributed by atoms with E-state index in [2.05, 4.69) is 20.5 Å². The topological polar surface area (TPSA) is 70.7 Å². The van der Waals surface area contributed by atoms with Gasteiger partial charge in [0.1, 0.15) is 5.82 Å². The molecule has 2 aromatic rings. The fraction of sp³-hybridized carbons (Fsp3) is 0.300. The maximum atomic E-state index is 11.6. The SMILES string of the molecule is Cc1nc(C(=O)NCc2sccc2C)n[nH]1. The smallest absolute Gasteiger partial charge is 0.291 e. The summed E-state index contributed by atoms with van der Waals surface area (Å²) in [5.41, 5.74) is 1.19. The molecule has 0 fully saturated rings. The zero-order chi connectivity index (χ0) is 11.5.